The highest BCUT2D eigenvalue weighted by Gasteiger charge is 2.09. The molecule has 0 aliphatic carbocycles. The fourth-order valence-corrected chi connectivity index (χ4v) is 3.01. The molecule has 0 unspecified atom stereocenters. The molecule has 2 N–H and O–H groups in total. The molecule has 1 aromatic heterocycles. The van der Waals surface area contributed by atoms with Gasteiger partial charge in [-0.05, 0) is 27.4 Å². The fourth-order valence-electron chi connectivity index (χ4n) is 1.40. The molecule has 6 heteroatoms. The number of hydrogen-bond acceptors (Lipinski definition) is 4. The van der Waals surface area contributed by atoms with Gasteiger partial charge in [0.05, 0.1) is 11.6 Å². The molecule has 0 atom stereocenters. The zero-order valence-corrected chi connectivity index (χ0v) is 13.0. The van der Waals surface area contributed by atoms with Crippen LogP contribution in [0.3, 0.4) is 0 Å². The highest BCUT2D eigenvalue weighted by molar-refractivity contribution is 9.10. The topological polar surface area (TPSA) is 38.5 Å². The van der Waals surface area contributed by atoms with E-state index >= 15 is 0 Å². The van der Waals surface area contributed by atoms with E-state index in [-0.39, 0.29) is 0 Å². The molecular weight excluding hydrogens is 320 g/mol. The summed E-state index contributed by atoms with van der Waals surface area (Å²) in [6.45, 7) is 3.40. The maximum Gasteiger partial charge on any atom is 0.0740 e. The van der Waals surface area contributed by atoms with Gasteiger partial charge in [0.1, 0.15) is 0 Å². The summed E-state index contributed by atoms with van der Waals surface area (Å²) >= 11 is 10.2. The Bertz CT molecular complexity index is 357. The summed E-state index contributed by atoms with van der Waals surface area (Å²) in [6, 6.07) is 2.07. The molecule has 1 heterocycles. The van der Waals surface area contributed by atoms with Crippen molar-refractivity contribution in [3.05, 3.63) is 20.8 Å². The van der Waals surface area contributed by atoms with Crippen molar-refractivity contribution in [2.45, 2.75) is 13.0 Å². The largest absolute Gasteiger partial charge is 0.393 e. The fraction of sp³-hybridized carbons (Fsp3) is 0.545. The van der Waals surface area contributed by atoms with Gasteiger partial charge in [0, 0.05) is 42.5 Å². The van der Waals surface area contributed by atoms with E-state index < -0.39 is 0 Å². The van der Waals surface area contributed by atoms with Gasteiger partial charge >= 0.3 is 0 Å². The van der Waals surface area contributed by atoms with Gasteiger partial charge in [-0.2, -0.15) is 0 Å². The smallest absolute Gasteiger partial charge is 0.0740 e. The van der Waals surface area contributed by atoms with Gasteiger partial charge in [-0.25, -0.2) is 0 Å². The van der Waals surface area contributed by atoms with Crippen molar-refractivity contribution in [3.8, 4) is 0 Å². The number of hydrogen-bond donors (Lipinski definition) is 1. The Balaban J connectivity index is 2.50. The van der Waals surface area contributed by atoms with Crippen molar-refractivity contribution in [2.24, 2.45) is 5.73 Å². The van der Waals surface area contributed by atoms with E-state index in [4.69, 9.17) is 22.7 Å². The second kappa shape index (κ2) is 8.16. The van der Waals surface area contributed by atoms with E-state index in [2.05, 4.69) is 32.3 Å². The molecule has 0 spiro atoms. The highest BCUT2D eigenvalue weighted by Crippen LogP contribution is 2.24. The van der Waals surface area contributed by atoms with Gasteiger partial charge in [0.2, 0.25) is 0 Å². The summed E-state index contributed by atoms with van der Waals surface area (Å²) in [7, 11) is 1.72. The van der Waals surface area contributed by atoms with Crippen LogP contribution in [0.4, 0.5) is 0 Å². The monoisotopic (exact) mass is 336 g/mol. The number of rotatable bonds is 8. The first-order valence-corrected chi connectivity index (χ1v) is 7.43. The summed E-state index contributed by atoms with van der Waals surface area (Å²) in [5, 5.41) is 2.08. The van der Waals surface area contributed by atoms with Crippen LogP contribution in [0.1, 0.15) is 11.3 Å². The van der Waals surface area contributed by atoms with E-state index in [0.29, 0.717) is 4.99 Å². The standard InChI is InChI=1S/C11H17BrN2OS2/c1-15-6-5-14(4-2-11(13)16)8-10-9(12)3-7-17-10/h3,7H,2,4-6,8H2,1H3,(H2,13,16). The molecule has 0 bridgehead atoms. The zero-order chi connectivity index (χ0) is 12.7. The van der Waals surface area contributed by atoms with Crippen molar-refractivity contribution in [2.75, 3.05) is 26.8 Å². The number of methoxy groups -OCH3 is 1. The normalized spacial score (nSPS) is 11.0. The average Bonchev–Trinajstić information content (AvgIpc) is 2.68. The first-order chi connectivity index (χ1) is 8.13. The van der Waals surface area contributed by atoms with Crippen LogP contribution in [0.15, 0.2) is 15.9 Å². The van der Waals surface area contributed by atoms with E-state index in [1.165, 1.54) is 9.35 Å². The Morgan fingerprint density at radius 1 is 1.59 bits per heavy atom. The van der Waals surface area contributed by atoms with E-state index in [1.54, 1.807) is 18.4 Å². The SMILES string of the molecule is COCCN(CCC(N)=S)Cc1sccc1Br. The van der Waals surface area contributed by atoms with Crippen LogP contribution in [0.2, 0.25) is 0 Å². The Morgan fingerprint density at radius 2 is 2.35 bits per heavy atom. The lowest BCUT2D eigenvalue weighted by Gasteiger charge is -2.21. The molecule has 1 rings (SSSR count). The second-order valence-corrected chi connectivity index (χ2v) is 6.06. The summed E-state index contributed by atoms with van der Waals surface area (Å²) in [5.41, 5.74) is 5.54. The molecule has 17 heavy (non-hydrogen) atoms. The lowest BCUT2D eigenvalue weighted by atomic mass is 10.3. The summed E-state index contributed by atoms with van der Waals surface area (Å²) < 4.78 is 6.28. The Kier molecular flexibility index (Phi) is 7.22. The Labute approximate surface area is 120 Å². The van der Waals surface area contributed by atoms with E-state index in [1.807, 2.05) is 0 Å². The number of thiocarbonyl (C=S) groups is 1. The average molecular weight is 337 g/mol. The summed E-state index contributed by atoms with van der Waals surface area (Å²) in [6.07, 6.45) is 0.752. The van der Waals surface area contributed by atoms with Gasteiger partial charge < -0.3 is 10.5 Å². The van der Waals surface area contributed by atoms with Crippen molar-refractivity contribution < 1.29 is 4.74 Å². The van der Waals surface area contributed by atoms with Crippen molar-refractivity contribution in [1.82, 2.24) is 4.90 Å². The maximum atomic E-state index is 5.54. The number of nitrogens with two attached hydrogens (primary N) is 1. The first kappa shape index (κ1) is 15.0. The Morgan fingerprint density at radius 3 is 2.88 bits per heavy atom. The third kappa shape index (κ3) is 5.92. The summed E-state index contributed by atoms with van der Waals surface area (Å²) in [5.74, 6) is 0. The maximum absolute atomic E-state index is 5.54. The summed E-state index contributed by atoms with van der Waals surface area (Å²) in [4.78, 5) is 4.20. The van der Waals surface area contributed by atoms with E-state index in [9.17, 15) is 0 Å². The van der Waals surface area contributed by atoms with Crippen molar-refractivity contribution in [1.29, 1.82) is 0 Å². The predicted octanol–water partition coefficient (Wildman–Crippen LogP) is 2.64. The van der Waals surface area contributed by atoms with E-state index in [0.717, 1.165) is 32.7 Å². The van der Waals surface area contributed by atoms with Gasteiger partial charge in [0.15, 0.2) is 0 Å². The second-order valence-electron chi connectivity index (χ2n) is 3.68. The Hall–Kier alpha value is -0.0100. The lowest BCUT2D eigenvalue weighted by Crippen LogP contribution is -2.30. The van der Waals surface area contributed by atoms with Crippen LogP contribution in [-0.2, 0) is 11.3 Å². The molecule has 0 aliphatic rings. The molecule has 0 saturated heterocycles. The third-order valence-electron chi connectivity index (χ3n) is 2.34. The van der Waals surface area contributed by atoms with Crippen LogP contribution in [0.25, 0.3) is 0 Å². The molecule has 0 aromatic carbocycles. The minimum Gasteiger partial charge on any atom is -0.393 e. The van der Waals surface area contributed by atoms with Crippen molar-refractivity contribution in [3.63, 3.8) is 0 Å². The third-order valence-corrected chi connectivity index (χ3v) is 4.46. The predicted molar refractivity (Wildman–Crippen MR) is 80.6 cm³/mol. The van der Waals surface area contributed by atoms with Crippen LogP contribution in [0.5, 0.6) is 0 Å². The quantitative estimate of drug-likeness (QED) is 0.740. The molecule has 0 amide bonds. The molecule has 1 aromatic rings. The van der Waals surface area contributed by atoms with Gasteiger partial charge in [-0.1, -0.05) is 12.2 Å². The van der Waals surface area contributed by atoms with Crippen LogP contribution in [-0.4, -0.2) is 36.7 Å². The molecule has 0 saturated carbocycles. The number of nitrogens with zero attached hydrogens (tertiary/aromatic N) is 1. The molecule has 0 fully saturated rings. The first-order valence-electron chi connectivity index (χ1n) is 5.35. The van der Waals surface area contributed by atoms with Crippen molar-refractivity contribution >= 4 is 44.5 Å². The molecule has 0 aliphatic heterocycles. The van der Waals surface area contributed by atoms with Gasteiger partial charge in [0.25, 0.3) is 0 Å². The molecular formula is C11H17BrN2OS2. The van der Waals surface area contributed by atoms with Crippen LogP contribution < -0.4 is 5.73 Å². The van der Waals surface area contributed by atoms with Gasteiger partial charge in [-0.15, -0.1) is 11.3 Å². The minimum atomic E-state index is 0.567. The molecule has 96 valence electrons. The minimum absolute atomic E-state index is 0.567. The van der Waals surface area contributed by atoms with Crippen LogP contribution >= 0.6 is 39.5 Å². The van der Waals surface area contributed by atoms with Crippen LogP contribution in [0, 0.1) is 0 Å². The number of ether oxygens (including phenoxy) is 1. The zero-order valence-electron chi connectivity index (χ0n) is 9.82. The van der Waals surface area contributed by atoms with Gasteiger partial charge in [-0.3, -0.25) is 4.90 Å². The number of halogens is 1. The lowest BCUT2D eigenvalue weighted by molar-refractivity contribution is 0.146. The molecule has 0 radical (unpaired) electrons. The number of thiophene rings is 1. The highest BCUT2D eigenvalue weighted by atomic mass is 79.9. The molecule has 3 nitrogen and oxygen atoms in total.